The zero-order valence-electron chi connectivity index (χ0n) is 22.0. The van der Waals surface area contributed by atoms with E-state index < -0.39 is 10.0 Å². The third-order valence-corrected chi connectivity index (χ3v) is 9.70. The maximum absolute atomic E-state index is 12.8. The van der Waals surface area contributed by atoms with Crippen molar-refractivity contribution in [3.05, 3.63) is 78.4 Å². The Bertz CT molecular complexity index is 1400. The summed E-state index contributed by atoms with van der Waals surface area (Å²) in [7, 11) is -3.69. The molecule has 0 saturated carbocycles. The van der Waals surface area contributed by atoms with E-state index >= 15 is 0 Å². The van der Waals surface area contributed by atoms with Crippen molar-refractivity contribution in [2.24, 2.45) is 0 Å². The van der Waals surface area contributed by atoms with Gasteiger partial charge in [-0.25, -0.2) is 13.4 Å². The molecule has 2 aromatic carbocycles. The number of thiazole rings is 1. The van der Waals surface area contributed by atoms with E-state index in [9.17, 15) is 13.2 Å². The van der Waals surface area contributed by atoms with Crippen LogP contribution in [0.25, 0.3) is 10.2 Å². The summed E-state index contributed by atoms with van der Waals surface area (Å²) >= 11 is 1.76. The highest BCUT2D eigenvalue weighted by Crippen LogP contribution is 2.32. The third kappa shape index (κ3) is 6.32. The Morgan fingerprint density at radius 1 is 1.08 bits per heavy atom. The lowest BCUT2D eigenvalue weighted by atomic mass is 10.1. The number of amides is 1. The van der Waals surface area contributed by atoms with Gasteiger partial charge >= 0.3 is 0 Å². The lowest BCUT2D eigenvalue weighted by molar-refractivity contribution is 0.0947. The number of nitrogens with one attached hydrogen (secondary N) is 1. The average molecular weight is 554 g/mol. The van der Waals surface area contributed by atoms with E-state index in [2.05, 4.69) is 54.3 Å². The number of rotatable bonds is 11. The molecule has 8 nitrogen and oxygen atoms in total. The van der Waals surface area contributed by atoms with Crippen molar-refractivity contribution < 1.29 is 13.2 Å². The molecule has 4 rings (SSSR count). The van der Waals surface area contributed by atoms with E-state index in [0.29, 0.717) is 12.1 Å². The number of aryl methyl sites for hydroxylation is 2. The van der Waals surface area contributed by atoms with Gasteiger partial charge in [0, 0.05) is 57.9 Å². The second kappa shape index (κ2) is 12.2. The molecule has 0 aliphatic carbocycles. The van der Waals surface area contributed by atoms with Crippen LogP contribution in [0.5, 0.6) is 0 Å². The highest BCUT2D eigenvalue weighted by molar-refractivity contribution is 7.89. The third-order valence-electron chi connectivity index (χ3n) is 6.58. The molecule has 1 saturated heterocycles. The van der Waals surface area contributed by atoms with E-state index in [1.54, 1.807) is 23.5 Å². The van der Waals surface area contributed by atoms with E-state index in [1.807, 2.05) is 0 Å². The van der Waals surface area contributed by atoms with Crippen molar-refractivity contribution >= 4 is 42.6 Å². The van der Waals surface area contributed by atoms with Crippen LogP contribution in [0.1, 0.15) is 21.5 Å². The Morgan fingerprint density at radius 2 is 1.74 bits per heavy atom. The summed E-state index contributed by atoms with van der Waals surface area (Å²) in [5.74, 6) is -0.221. The van der Waals surface area contributed by atoms with Crippen molar-refractivity contribution in [1.82, 2.24) is 19.5 Å². The van der Waals surface area contributed by atoms with Crippen molar-refractivity contribution in [2.45, 2.75) is 18.7 Å². The zero-order valence-corrected chi connectivity index (χ0v) is 23.7. The van der Waals surface area contributed by atoms with E-state index in [4.69, 9.17) is 4.98 Å². The Morgan fingerprint density at radius 3 is 2.37 bits per heavy atom. The van der Waals surface area contributed by atoms with Gasteiger partial charge in [0.1, 0.15) is 0 Å². The first-order valence-corrected chi connectivity index (χ1v) is 14.9. The summed E-state index contributed by atoms with van der Waals surface area (Å²) in [6, 6.07) is 10.4. The molecule has 0 radical (unpaired) electrons. The van der Waals surface area contributed by atoms with Gasteiger partial charge in [-0.1, -0.05) is 29.6 Å². The monoisotopic (exact) mass is 553 g/mol. The molecule has 3 aromatic rings. The van der Waals surface area contributed by atoms with Crippen LogP contribution in [0.3, 0.4) is 0 Å². The first kappa shape index (κ1) is 28.0. The number of aromatic nitrogens is 1. The van der Waals surface area contributed by atoms with E-state index in [1.165, 1.54) is 44.4 Å². The van der Waals surface area contributed by atoms with E-state index in [0.717, 1.165) is 43.4 Å². The molecule has 1 aliphatic rings. The summed E-state index contributed by atoms with van der Waals surface area (Å²) in [6.07, 6.45) is 3.07. The van der Waals surface area contributed by atoms with Crippen LogP contribution in [0.4, 0.5) is 5.13 Å². The van der Waals surface area contributed by atoms with Gasteiger partial charge in [0.25, 0.3) is 5.91 Å². The Balaban J connectivity index is 1.26. The second-order valence-corrected chi connectivity index (χ2v) is 12.4. The Kier molecular flexibility index (Phi) is 8.99. The number of benzene rings is 2. The van der Waals surface area contributed by atoms with Crippen molar-refractivity contribution in [1.29, 1.82) is 0 Å². The smallest absolute Gasteiger partial charge is 0.251 e. The standard InChI is InChI=1S/C28H35N5O3S2/c1-5-12-33(13-6-2)38(35,36)24-9-7-23(8-10-24)27(34)29-11-14-31-15-17-32(18-16-31)28-30-25-20-21(3)19-22(4)26(25)37-28/h5-10,19-20H,1-2,11-18H2,3-4H3,(H,29,34). The predicted molar refractivity (Wildman–Crippen MR) is 156 cm³/mol. The van der Waals surface area contributed by atoms with Crippen LogP contribution in [-0.2, 0) is 10.0 Å². The molecule has 10 heteroatoms. The maximum atomic E-state index is 12.8. The summed E-state index contributed by atoms with van der Waals surface area (Å²) in [5.41, 5.74) is 4.01. The fraction of sp³-hybridized carbons (Fsp3) is 0.357. The Hall–Kier alpha value is -3.05. The second-order valence-electron chi connectivity index (χ2n) is 9.43. The summed E-state index contributed by atoms with van der Waals surface area (Å²) < 4.78 is 28.2. The number of piperazine rings is 1. The van der Waals surface area contributed by atoms with Crippen LogP contribution < -0.4 is 10.2 Å². The highest BCUT2D eigenvalue weighted by atomic mass is 32.2. The molecule has 0 unspecified atom stereocenters. The van der Waals surface area contributed by atoms with Gasteiger partial charge in [-0.15, -0.1) is 13.2 Å². The van der Waals surface area contributed by atoms with Gasteiger partial charge in [-0.3, -0.25) is 9.69 Å². The first-order valence-electron chi connectivity index (χ1n) is 12.7. The van der Waals surface area contributed by atoms with Crippen LogP contribution in [0.2, 0.25) is 0 Å². The van der Waals surface area contributed by atoms with Crippen LogP contribution in [0.15, 0.2) is 66.6 Å². The minimum atomic E-state index is -3.69. The topological polar surface area (TPSA) is 85.8 Å². The molecular weight excluding hydrogens is 518 g/mol. The summed E-state index contributed by atoms with van der Waals surface area (Å²) in [6.45, 7) is 16.7. The molecule has 1 N–H and O–H groups in total. The molecule has 1 fully saturated rings. The van der Waals surface area contributed by atoms with Crippen molar-refractivity contribution in [2.75, 3.05) is 57.3 Å². The minimum Gasteiger partial charge on any atom is -0.351 e. The van der Waals surface area contributed by atoms with Gasteiger partial charge in [0.2, 0.25) is 10.0 Å². The molecule has 38 heavy (non-hydrogen) atoms. The molecule has 0 spiro atoms. The van der Waals surface area contributed by atoms with Crippen molar-refractivity contribution in [3.8, 4) is 0 Å². The molecule has 1 aromatic heterocycles. The van der Waals surface area contributed by atoms with Crippen LogP contribution in [-0.4, -0.2) is 80.9 Å². The molecular formula is C28H35N5O3S2. The largest absolute Gasteiger partial charge is 0.351 e. The average Bonchev–Trinajstić information content (AvgIpc) is 3.33. The van der Waals surface area contributed by atoms with Gasteiger partial charge in [-0.2, -0.15) is 4.31 Å². The summed E-state index contributed by atoms with van der Waals surface area (Å²) in [5, 5.41) is 4.02. The van der Waals surface area contributed by atoms with Crippen LogP contribution >= 0.6 is 11.3 Å². The number of carbonyl (C=O) groups is 1. The fourth-order valence-electron chi connectivity index (χ4n) is 4.58. The Labute approximate surface area is 229 Å². The number of nitrogens with zero attached hydrogens (tertiary/aromatic N) is 4. The number of sulfonamides is 1. The van der Waals surface area contributed by atoms with Gasteiger partial charge in [0.05, 0.1) is 15.1 Å². The molecule has 0 bridgehead atoms. The molecule has 1 aliphatic heterocycles. The highest BCUT2D eigenvalue weighted by Gasteiger charge is 2.23. The van der Waals surface area contributed by atoms with Gasteiger partial charge in [-0.05, 0) is 55.3 Å². The first-order chi connectivity index (χ1) is 18.2. The molecule has 2 heterocycles. The molecule has 202 valence electrons. The predicted octanol–water partition coefficient (Wildman–Crippen LogP) is 3.83. The number of fused-ring (bicyclic) bond motifs is 1. The number of carbonyl (C=O) groups excluding carboxylic acids is 1. The summed E-state index contributed by atoms with van der Waals surface area (Å²) in [4.78, 5) is 22.3. The molecule has 0 atom stereocenters. The van der Waals surface area contributed by atoms with Crippen molar-refractivity contribution in [3.63, 3.8) is 0 Å². The molecule has 1 amide bonds. The normalized spacial score (nSPS) is 14.7. The zero-order chi connectivity index (χ0) is 27.3. The number of anilines is 1. The maximum Gasteiger partial charge on any atom is 0.251 e. The van der Waals surface area contributed by atoms with Gasteiger partial charge in [0.15, 0.2) is 5.13 Å². The minimum absolute atomic E-state index is 0.133. The number of hydrogen-bond acceptors (Lipinski definition) is 7. The lowest BCUT2D eigenvalue weighted by Crippen LogP contribution is -2.48. The van der Waals surface area contributed by atoms with Gasteiger partial charge < -0.3 is 10.2 Å². The van der Waals surface area contributed by atoms with E-state index in [-0.39, 0.29) is 23.9 Å². The lowest BCUT2D eigenvalue weighted by Gasteiger charge is -2.34. The number of hydrogen-bond donors (Lipinski definition) is 1. The quantitative estimate of drug-likeness (QED) is 0.364. The SMILES string of the molecule is C=CCN(CC=C)S(=O)(=O)c1ccc(C(=O)NCCN2CCN(c3nc4cc(C)cc(C)c4s3)CC2)cc1. The van der Waals surface area contributed by atoms with Crippen LogP contribution in [0, 0.1) is 13.8 Å². The fourth-order valence-corrected chi connectivity index (χ4v) is 7.03.